The van der Waals surface area contributed by atoms with Crippen LogP contribution in [0.1, 0.15) is 43.2 Å². The van der Waals surface area contributed by atoms with E-state index in [9.17, 15) is 0 Å². The Hall–Kier alpha value is -2.14. The van der Waals surface area contributed by atoms with Gasteiger partial charge in [-0.1, -0.05) is 19.1 Å². The van der Waals surface area contributed by atoms with Gasteiger partial charge in [-0.3, -0.25) is 0 Å². The summed E-state index contributed by atoms with van der Waals surface area (Å²) in [5.41, 5.74) is 2.38. The number of ether oxygens (including phenoxy) is 2. The molecule has 0 amide bonds. The minimum atomic E-state index is -0.194. The third kappa shape index (κ3) is 2.57. The predicted octanol–water partition coefficient (Wildman–Crippen LogP) is 5.32. The van der Waals surface area contributed by atoms with Gasteiger partial charge in [-0.2, -0.15) is 0 Å². The number of nitrogens with zero attached hydrogens (tertiary/aromatic N) is 2. The number of thiophene rings is 1. The molecule has 0 saturated carbocycles. The number of hydrogen-bond acceptors (Lipinski definition) is 5. The van der Waals surface area contributed by atoms with Gasteiger partial charge < -0.3 is 9.47 Å². The van der Waals surface area contributed by atoms with Gasteiger partial charge in [-0.05, 0) is 50.7 Å². The van der Waals surface area contributed by atoms with Crippen LogP contribution in [0.5, 0.6) is 17.4 Å². The van der Waals surface area contributed by atoms with Crippen molar-refractivity contribution in [3.63, 3.8) is 0 Å². The summed E-state index contributed by atoms with van der Waals surface area (Å²) in [7, 11) is 0. The molecule has 1 aliphatic heterocycles. The van der Waals surface area contributed by atoms with E-state index in [0.717, 1.165) is 46.9 Å². The fraction of sp³-hybridized carbons (Fsp3) is 0.429. The SMILES string of the molecule is CC1CCc2c(sc3ncnc(Oc4cccc5c4OC(C)(C)C5)c23)C1. The topological polar surface area (TPSA) is 44.2 Å². The van der Waals surface area contributed by atoms with Crippen molar-refractivity contribution in [1.29, 1.82) is 0 Å². The van der Waals surface area contributed by atoms with Gasteiger partial charge in [0.05, 0.1) is 5.39 Å². The molecule has 1 aromatic carbocycles. The summed E-state index contributed by atoms with van der Waals surface area (Å²) < 4.78 is 12.5. The van der Waals surface area contributed by atoms with Gasteiger partial charge in [-0.25, -0.2) is 9.97 Å². The normalized spacial score (nSPS) is 20.5. The molecule has 1 unspecified atom stereocenters. The van der Waals surface area contributed by atoms with Crippen LogP contribution in [0, 0.1) is 5.92 Å². The summed E-state index contributed by atoms with van der Waals surface area (Å²) in [5, 5.41) is 1.09. The first-order valence-corrected chi connectivity index (χ1v) is 10.1. The standard InChI is InChI=1S/C21H22N2O2S/c1-12-7-8-14-16(9-12)26-20-17(14)19(22-11-23-20)24-15-6-4-5-13-10-21(2,3)25-18(13)15/h4-6,11-12H,7-10H2,1-3H3. The molecule has 0 spiro atoms. The lowest BCUT2D eigenvalue weighted by atomic mass is 9.89. The second-order valence-electron chi connectivity index (χ2n) is 8.10. The number of hydrogen-bond donors (Lipinski definition) is 0. The van der Waals surface area contributed by atoms with Crippen LogP contribution in [0.15, 0.2) is 24.5 Å². The first kappa shape index (κ1) is 16.1. The Morgan fingerprint density at radius 3 is 3.04 bits per heavy atom. The van der Waals surface area contributed by atoms with Crippen molar-refractivity contribution in [2.75, 3.05) is 0 Å². The van der Waals surface area contributed by atoms with E-state index >= 15 is 0 Å². The molecule has 5 rings (SSSR count). The second kappa shape index (κ2) is 5.68. The molecule has 26 heavy (non-hydrogen) atoms. The number of fused-ring (bicyclic) bond motifs is 4. The summed E-state index contributed by atoms with van der Waals surface area (Å²) in [6.07, 6.45) is 5.93. The molecular formula is C21H22N2O2S. The van der Waals surface area contributed by atoms with E-state index in [1.165, 1.54) is 22.4 Å². The minimum absolute atomic E-state index is 0.194. The Labute approximate surface area is 157 Å². The predicted molar refractivity (Wildman–Crippen MR) is 104 cm³/mol. The molecule has 134 valence electrons. The first-order valence-electron chi connectivity index (χ1n) is 9.24. The number of para-hydroxylation sites is 1. The number of rotatable bonds is 2. The van der Waals surface area contributed by atoms with Crippen LogP contribution in [0.4, 0.5) is 0 Å². The zero-order chi connectivity index (χ0) is 17.9. The van der Waals surface area contributed by atoms with Crippen molar-refractivity contribution in [2.45, 2.75) is 52.1 Å². The zero-order valence-electron chi connectivity index (χ0n) is 15.3. The van der Waals surface area contributed by atoms with Crippen LogP contribution in [0.2, 0.25) is 0 Å². The maximum atomic E-state index is 6.31. The highest BCUT2D eigenvalue weighted by molar-refractivity contribution is 7.18. The number of aryl methyl sites for hydroxylation is 1. The molecule has 0 fully saturated rings. The molecule has 1 aliphatic carbocycles. The molecule has 3 aromatic rings. The lowest BCUT2D eigenvalue weighted by Gasteiger charge is -2.19. The van der Waals surface area contributed by atoms with Crippen LogP contribution in [0.3, 0.4) is 0 Å². The van der Waals surface area contributed by atoms with Gasteiger partial charge in [0.1, 0.15) is 16.8 Å². The van der Waals surface area contributed by atoms with E-state index < -0.39 is 0 Å². The van der Waals surface area contributed by atoms with Crippen LogP contribution < -0.4 is 9.47 Å². The van der Waals surface area contributed by atoms with Gasteiger partial charge in [0, 0.05) is 16.9 Å². The molecule has 3 heterocycles. The summed E-state index contributed by atoms with van der Waals surface area (Å²) >= 11 is 1.79. The summed E-state index contributed by atoms with van der Waals surface area (Å²) in [5.74, 6) is 2.99. The monoisotopic (exact) mass is 366 g/mol. The van der Waals surface area contributed by atoms with Gasteiger partial charge >= 0.3 is 0 Å². The second-order valence-corrected chi connectivity index (χ2v) is 9.18. The smallest absolute Gasteiger partial charge is 0.231 e. The fourth-order valence-electron chi connectivity index (χ4n) is 4.10. The quantitative estimate of drug-likeness (QED) is 0.615. The molecule has 0 radical (unpaired) electrons. The van der Waals surface area contributed by atoms with E-state index in [1.807, 2.05) is 12.1 Å². The van der Waals surface area contributed by atoms with E-state index in [4.69, 9.17) is 9.47 Å². The number of aromatic nitrogens is 2. The maximum absolute atomic E-state index is 6.31. The number of benzene rings is 1. The highest BCUT2D eigenvalue weighted by atomic mass is 32.1. The Morgan fingerprint density at radius 2 is 2.15 bits per heavy atom. The first-order chi connectivity index (χ1) is 12.5. The maximum Gasteiger partial charge on any atom is 0.231 e. The fourth-order valence-corrected chi connectivity index (χ4v) is 5.44. The molecule has 0 saturated heterocycles. The van der Waals surface area contributed by atoms with Gasteiger partial charge in [-0.15, -0.1) is 11.3 Å². The summed E-state index contributed by atoms with van der Waals surface area (Å²) in [6, 6.07) is 6.11. The van der Waals surface area contributed by atoms with Gasteiger partial charge in [0.2, 0.25) is 5.88 Å². The van der Waals surface area contributed by atoms with Crippen LogP contribution >= 0.6 is 11.3 Å². The zero-order valence-corrected chi connectivity index (χ0v) is 16.2. The highest BCUT2D eigenvalue weighted by Crippen LogP contribution is 2.46. The largest absolute Gasteiger partial charge is 0.483 e. The van der Waals surface area contributed by atoms with Crippen molar-refractivity contribution in [1.82, 2.24) is 9.97 Å². The van der Waals surface area contributed by atoms with Crippen molar-refractivity contribution in [3.8, 4) is 17.4 Å². The summed E-state index contributed by atoms with van der Waals surface area (Å²) in [4.78, 5) is 11.5. The Morgan fingerprint density at radius 1 is 1.27 bits per heavy atom. The Kier molecular flexibility index (Phi) is 3.51. The molecule has 2 aromatic heterocycles. The van der Waals surface area contributed by atoms with Crippen LogP contribution in [-0.2, 0) is 19.3 Å². The van der Waals surface area contributed by atoms with Crippen molar-refractivity contribution in [2.24, 2.45) is 5.92 Å². The molecule has 5 heteroatoms. The molecular weight excluding hydrogens is 344 g/mol. The van der Waals surface area contributed by atoms with Gasteiger partial charge in [0.15, 0.2) is 11.5 Å². The van der Waals surface area contributed by atoms with E-state index in [-0.39, 0.29) is 5.60 Å². The average molecular weight is 366 g/mol. The third-order valence-electron chi connectivity index (χ3n) is 5.32. The Bertz CT molecular complexity index is 1010. The van der Waals surface area contributed by atoms with E-state index in [1.54, 1.807) is 17.7 Å². The van der Waals surface area contributed by atoms with Crippen molar-refractivity contribution >= 4 is 21.6 Å². The third-order valence-corrected chi connectivity index (χ3v) is 6.48. The summed E-state index contributed by atoms with van der Waals surface area (Å²) in [6.45, 7) is 6.54. The molecule has 0 bridgehead atoms. The van der Waals surface area contributed by atoms with E-state index in [0.29, 0.717) is 5.88 Å². The molecule has 2 aliphatic rings. The lowest BCUT2D eigenvalue weighted by Crippen LogP contribution is -2.24. The highest BCUT2D eigenvalue weighted by Gasteiger charge is 2.33. The van der Waals surface area contributed by atoms with E-state index in [2.05, 4.69) is 36.8 Å². The Balaban J connectivity index is 1.59. The van der Waals surface area contributed by atoms with Crippen LogP contribution in [-0.4, -0.2) is 15.6 Å². The molecule has 0 N–H and O–H groups in total. The molecule has 4 nitrogen and oxygen atoms in total. The van der Waals surface area contributed by atoms with Crippen molar-refractivity contribution < 1.29 is 9.47 Å². The minimum Gasteiger partial charge on any atom is -0.483 e. The average Bonchev–Trinajstić information content (AvgIpc) is 3.11. The lowest BCUT2D eigenvalue weighted by molar-refractivity contribution is 0.135. The van der Waals surface area contributed by atoms with Gasteiger partial charge in [0.25, 0.3) is 0 Å². The van der Waals surface area contributed by atoms with Crippen LogP contribution in [0.25, 0.3) is 10.2 Å². The van der Waals surface area contributed by atoms with Crippen molar-refractivity contribution in [3.05, 3.63) is 40.5 Å². The molecule has 1 atom stereocenters.